The largest absolute Gasteiger partial charge is 0.480 e. The van der Waals surface area contributed by atoms with E-state index in [-0.39, 0.29) is 0 Å². The van der Waals surface area contributed by atoms with Crippen molar-refractivity contribution < 1.29 is 9.47 Å². The van der Waals surface area contributed by atoms with Crippen LogP contribution in [-0.2, 0) is 0 Å². The molecule has 0 fully saturated rings. The van der Waals surface area contributed by atoms with Crippen LogP contribution in [0.15, 0.2) is 4.90 Å². The van der Waals surface area contributed by atoms with Crippen molar-refractivity contribution in [1.82, 2.24) is 9.97 Å². The fourth-order valence-corrected chi connectivity index (χ4v) is 2.21. The molecule has 0 saturated heterocycles. The van der Waals surface area contributed by atoms with Crippen molar-refractivity contribution >= 4 is 17.6 Å². The maximum atomic E-state index is 5.28. The molecule has 96 valence electrons. The first-order valence-corrected chi connectivity index (χ1v) is 6.73. The van der Waals surface area contributed by atoms with Gasteiger partial charge >= 0.3 is 6.01 Å². The standard InChI is InChI=1S/C11H19N3O2S/c1-6-14(7-2)9-8(17-5)10(15-3)13-11(12-9)16-4/h6-7H2,1-5H3. The Morgan fingerprint density at radius 3 is 2.18 bits per heavy atom. The average Bonchev–Trinajstić information content (AvgIpc) is 2.39. The summed E-state index contributed by atoms with van der Waals surface area (Å²) in [6.45, 7) is 5.95. The van der Waals surface area contributed by atoms with Crippen molar-refractivity contribution in [3.05, 3.63) is 0 Å². The monoisotopic (exact) mass is 257 g/mol. The molecule has 0 aliphatic rings. The highest BCUT2D eigenvalue weighted by molar-refractivity contribution is 7.98. The Bertz CT molecular complexity index is 370. The minimum Gasteiger partial charge on any atom is -0.480 e. The molecule has 1 heterocycles. The summed E-state index contributed by atoms with van der Waals surface area (Å²) >= 11 is 1.58. The third-order valence-electron chi connectivity index (χ3n) is 2.44. The van der Waals surface area contributed by atoms with Crippen LogP contribution in [0.3, 0.4) is 0 Å². The Kier molecular flexibility index (Phi) is 5.34. The topological polar surface area (TPSA) is 47.5 Å². The van der Waals surface area contributed by atoms with E-state index in [2.05, 4.69) is 28.7 Å². The maximum Gasteiger partial charge on any atom is 0.321 e. The molecule has 0 unspecified atom stereocenters. The number of aromatic nitrogens is 2. The second kappa shape index (κ2) is 6.54. The fraction of sp³-hybridized carbons (Fsp3) is 0.636. The van der Waals surface area contributed by atoms with E-state index >= 15 is 0 Å². The number of nitrogens with zero attached hydrogens (tertiary/aromatic N) is 3. The summed E-state index contributed by atoms with van der Waals surface area (Å²) in [7, 11) is 3.16. The number of anilines is 1. The quantitative estimate of drug-likeness (QED) is 0.727. The number of hydrogen-bond acceptors (Lipinski definition) is 6. The third kappa shape index (κ3) is 2.94. The summed E-state index contributed by atoms with van der Waals surface area (Å²) in [5.74, 6) is 1.43. The lowest BCUT2D eigenvalue weighted by atomic mass is 10.4. The van der Waals surface area contributed by atoms with Crippen LogP contribution in [0.5, 0.6) is 11.9 Å². The zero-order chi connectivity index (χ0) is 12.8. The molecular formula is C11H19N3O2S. The van der Waals surface area contributed by atoms with Gasteiger partial charge in [0.25, 0.3) is 0 Å². The van der Waals surface area contributed by atoms with Crippen LogP contribution in [0.2, 0.25) is 0 Å². The molecule has 1 aromatic rings. The molecule has 0 saturated carbocycles. The van der Waals surface area contributed by atoms with E-state index in [1.165, 1.54) is 0 Å². The van der Waals surface area contributed by atoms with E-state index in [1.54, 1.807) is 26.0 Å². The molecule has 0 N–H and O–H groups in total. The van der Waals surface area contributed by atoms with Crippen molar-refractivity contribution in [2.45, 2.75) is 18.7 Å². The summed E-state index contributed by atoms with van der Waals surface area (Å²) in [6, 6.07) is 0.335. The SMILES string of the molecule is CCN(CC)c1nc(OC)nc(OC)c1SC. The molecule has 0 amide bonds. The van der Waals surface area contributed by atoms with Crippen molar-refractivity contribution in [2.24, 2.45) is 0 Å². The fourth-order valence-electron chi connectivity index (χ4n) is 1.55. The van der Waals surface area contributed by atoms with Gasteiger partial charge in [-0.1, -0.05) is 0 Å². The van der Waals surface area contributed by atoms with E-state index in [0.29, 0.717) is 11.9 Å². The molecular weight excluding hydrogens is 238 g/mol. The summed E-state index contributed by atoms with van der Waals surface area (Å²) in [5.41, 5.74) is 0. The molecule has 1 aromatic heterocycles. The van der Waals surface area contributed by atoms with Gasteiger partial charge < -0.3 is 14.4 Å². The van der Waals surface area contributed by atoms with Gasteiger partial charge in [-0.05, 0) is 20.1 Å². The average molecular weight is 257 g/mol. The molecule has 0 aliphatic carbocycles. The van der Waals surface area contributed by atoms with E-state index in [0.717, 1.165) is 23.8 Å². The van der Waals surface area contributed by atoms with Gasteiger partial charge in [-0.2, -0.15) is 9.97 Å². The van der Waals surface area contributed by atoms with Crippen molar-refractivity contribution in [3.63, 3.8) is 0 Å². The number of ether oxygens (including phenoxy) is 2. The van der Waals surface area contributed by atoms with Crippen molar-refractivity contribution in [1.29, 1.82) is 0 Å². The Morgan fingerprint density at radius 1 is 1.12 bits per heavy atom. The van der Waals surface area contributed by atoms with Crippen molar-refractivity contribution in [3.8, 4) is 11.9 Å². The molecule has 0 spiro atoms. The maximum absolute atomic E-state index is 5.28. The number of hydrogen-bond donors (Lipinski definition) is 0. The number of thioether (sulfide) groups is 1. The molecule has 5 nitrogen and oxygen atoms in total. The van der Waals surface area contributed by atoms with Crippen LogP contribution in [0.25, 0.3) is 0 Å². The molecule has 0 bridgehead atoms. The summed E-state index contributed by atoms with van der Waals surface area (Å²) in [5, 5.41) is 0. The number of methoxy groups -OCH3 is 2. The first-order valence-electron chi connectivity index (χ1n) is 5.50. The summed E-state index contributed by atoms with van der Waals surface area (Å²) in [6.07, 6.45) is 1.99. The molecule has 6 heteroatoms. The molecule has 0 aromatic carbocycles. The lowest BCUT2D eigenvalue weighted by Gasteiger charge is -2.23. The van der Waals surface area contributed by atoms with Gasteiger partial charge in [0.15, 0.2) is 5.82 Å². The minimum atomic E-state index is 0.335. The lowest BCUT2D eigenvalue weighted by Crippen LogP contribution is -2.24. The van der Waals surface area contributed by atoms with E-state index in [9.17, 15) is 0 Å². The smallest absolute Gasteiger partial charge is 0.321 e. The highest BCUT2D eigenvalue weighted by Crippen LogP contribution is 2.35. The first kappa shape index (κ1) is 13.9. The zero-order valence-electron chi connectivity index (χ0n) is 11.0. The second-order valence-corrected chi connectivity index (χ2v) is 4.07. The van der Waals surface area contributed by atoms with Gasteiger partial charge in [0.05, 0.1) is 14.2 Å². The second-order valence-electron chi connectivity index (χ2n) is 3.25. The van der Waals surface area contributed by atoms with Gasteiger partial charge in [-0.15, -0.1) is 11.8 Å². The van der Waals surface area contributed by atoms with Gasteiger partial charge in [0, 0.05) is 13.1 Å². The first-order chi connectivity index (χ1) is 8.21. The molecule has 0 radical (unpaired) electrons. The predicted octanol–water partition coefficient (Wildman–Crippen LogP) is 2.06. The zero-order valence-corrected chi connectivity index (χ0v) is 11.8. The minimum absolute atomic E-state index is 0.335. The van der Waals surface area contributed by atoms with Gasteiger partial charge in [-0.3, -0.25) is 0 Å². The molecule has 17 heavy (non-hydrogen) atoms. The Labute approximate surface area is 107 Å². The van der Waals surface area contributed by atoms with Gasteiger partial charge in [-0.25, -0.2) is 0 Å². The molecule has 0 atom stereocenters. The normalized spacial score (nSPS) is 10.2. The van der Waals surface area contributed by atoms with Crippen molar-refractivity contribution in [2.75, 3.05) is 38.5 Å². The Hall–Kier alpha value is -1.17. The van der Waals surface area contributed by atoms with E-state index < -0.39 is 0 Å². The third-order valence-corrected chi connectivity index (χ3v) is 3.20. The van der Waals surface area contributed by atoms with Crippen LogP contribution in [0.4, 0.5) is 5.82 Å². The summed E-state index contributed by atoms with van der Waals surface area (Å²) in [4.78, 5) is 11.7. The Morgan fingerprint density at radius 2 is 1.76 bits per heavy atom. The van der Waals surface area contributed by atoms with Crippen LogP contribution >= 0.6 is 11.8 Å². The Balaban J connectivity index is 3.32. The van der Waals surface area contributed by atoms with Crippen LogP contribution in [-0.4, -0.2) is 43.5 Å². The number of rotatable bonds is 6. The lowest BCUT2D eigenvalue weighted by molar-refractivity contribution is 0.345. The van der Waals surface area contributed by atoms with E-state index in [4.69, 9.17) is 9.47 Å². The van der Waals surface area contributed by atoms with Crippen LogP contribution in [0.1, 0.15) is 13.8 Å². The van der Waals surface area contributed by atoms with Crippen LogP contribution < -0.4 is 14.4 Å². The molecule has 0 aliphatic heterocycles. The summed E-state index contributed by atoms with van der Waals surface area (Å²) < 4.78 is 10.4. The van der Waals surface area contributed by atoms with E-state index in [1.807, 2.05) is 6.26 Å². The highest BCUT2D eigenvalue weighted by Gasteiger charge is 2.18. The predicted molar refractivity (Wildman–Crippen MR) is 70.5 cm³/mol. The molecule has 1 rings (SSSR count). The van der Waals surface area contributed by atoms with Gasteiger partial charge in [0.2, 0.25) is 5.88 Å². The van der Waals surface area contributed by atoms with Gasteiger partial charge in [0.1, 0.15) is 4.90 Å². The highest BCUT2D eigenvalue weighted by atomic mass is 32.2. The van der Waals surface area contributed by atoms with Crippen LogP contribution in [0, 0.1) is 0 Å².